The average Bonchev–Trinajstić information content (AvgIpc) is 1.83. The third-order valence-corrected chi connectivity index (χ3v) is 0.730. The average molecular weight is 114 g/mol. The molecule has 0 aromatic heterocycles. The summed E-state index contributed by atoms with van der Waals surface area (Å²) in [6, 6.07) is 0. The molecule has 2 N–H and O–H groups in total. The molecule has 0 fully saturated rings. The number of aliphatic hydroxyl groups excluding tert-OH is 2. The van der Waals surface area contributed by atoms with Crippen LogP contribution in [0.1, 0.15) is 6.92 Å². The fraction of sp³-hybridized carbons (Fsp3) is 0.500. The number of hydrogen-bond donors (Lipinski definition) is 2. The molecule has 0 heterocycles. The van der Waals surface area contributed by atoms with E-state index in [1.165, 1.54) is 0 Å². The van der Waals surface area contributed by atoms with E-state index in [1.54, 1.807) is 13.0 Å². The largest absolute Gasteiger partial charge is 0.391 e. The van der Waals surface area contributed by atoms with E-state index >= 15 is 0 Å². The summed E-state index contributed by atoms with van der Waals surface area (Å²) in [6.07, 6.45) is 1.65. The molecule has 0 aliphatic heterocycles. The molecule has 0 radical (unpaired) electrons. The van der Waals surface area contributed by atoms with Crippen LogP contribution in [-0.2, 0) is 0 Å². The monoisotopic (exact) mass is 114 g/mol. The van der Waals surface area contributed by atoms with E-state index in [2.05, 4.69) is 5.73 Å². The lowest BCUT2D eigenvalue weighted by Crippen LogP contribution is -1.93. The van der Waals surface area contributed by atoms with Crippen molar-refractivity contribution in [3.63, 3.8) is 0 Å². The summed E-state index contributed by atoms with van der Waals surface area (Å²) >= 11 is 0. The normalized spacial score (nSPS) is 7.88. The van der Waals surface area contributed by atoms with Crippen LogP contribution in [-0.4, -0.2) is 23.4 Å². The highest BCUT2D eigenvalue weighted by Gasteiger charge is 1.85. The van der Waals surface area contributed by atoms with Gasteiger partial charge in [-0.05, 0) is 13.0 Å². The fourth-order valence-corrected chi connectivity index (χ4v) is 0.345. The molecule has 0 atom stereocenters. The summed E-state index contributed by atoms with van der Waals surface area (Å²) in [7, 11) is 0. The molecule has 46 valence electrons. The van der Waals surface area contributed by atoms with Gasteiger partial charge in [0.1, 0.15) is 0 Å². The maximum atomic E-state index is 8.38. The van der Waals surface area contributed by atoms with Gasteiger partial charge in [0, 0.05) is 5.57 Å². The van der Waals surface area contributed by atoms with E-state index in [4.69, 9.17) is 10.2 Å². The van der Waals surface area contributed by atoms with Crippen LogP contribution in [0.15, 0.2) is 17.4 Å². The molecule has 0 aliphatic rings. The predicted molar refractivity (Wildman–Crippen MR) is 31.4 cm³/mol. The Balaban J connectivity index is 3.87. The summed E-state index contributed by atoms with van der Waals surface area (Å²) < 4.78 is 0. The number of aliphatic hydroxyl groups is 2. The lowest BCUT2D eigenvalue weighted by atomic mass is 10.3. The van der Waals surface area contributed by atoms with E-state index < -0.39 is 0 Å². The van der Waals surface area contributed by atoms with E-state index in [0.29, 0.717) is 5.57 Å². The van der Waals surface area contributed by atoms with Crippen LogP contribution in [0.3, 0.4) is 0 Å². The Labute approximate surface area is 48.8 Å². The Morgan fingerprint density at radius 3 is 2.12 bits per heavy atom. The minimum absolute atomic E-state index is 0.110. The second-order valence-electron chi connectivity index (χ2n) is 1.35. The Bertz CT molecular complexity index is 104. The molecular formula is C6H10O2. The van der Waals surface area contributed by atoms with Gasteiger partial charge in [-0.1, -0.05) is 0 Å². The van der Waals surface area contributed by atoms with Gasteiger partial charge < -0.3 is 10.2 Å². The van der Waals surface area contributed by atoms with Crippen molar-refractivity contribution >= 4 is 0 Å². The van der Waals surface area contributed by atoms with E-state index in [9.17, 15) is 0 Å². The quantitative estimate of drug-likeness (QED) is 0.499. The van der Waals surface area contributed by atoms with Crippen LogP contribution in [0.4, 0.5) is 0 Å². The van der Waals surface area contributed by atoms with Crippen molar-refractivity contribution < 1.29 is 10.2 Å². The lowest BCUT2D eigenvalue weighted by molar-refractivity contribution is 0.277. The van der Waals surface area contributed by atoms with Gasteiger partial charge in [0.15, 0.2) is 0 Å². The Hall–Kier alpha value is -0.560. The van der Waals surface area contributed by atoms with Crippen molar-refractivity contribution in [2.24, 2.45) is 0 Å². The van der Waals surface area contributed by atoms with Crippen molar-refractivity contribution in [1.29, 1.82) is 0 Å². The van der Waals surface area contributed by atoms with Crippen LogP contribution in [0.25, 0.3) is 0 Å². The topological polar surface area (TPSA) is 40.5 Å². The van der Waals surface area contributed by atoms with Crippen LogP contribution in [0, 0.1) is 0 Å². The van der Waals surface area contributed by atoms with Gasteiger partial charge in [-0.2, -0.15) is 0 Å². The molecule has 0 aromatic carbocycles. The molecule has 0 aliphatic carbocycles. The molecule has 0 aromatic rings. The summed E-state index contributed by atoms with van der Waals surface area (Å²) in [5, 5.41) is 16.8. The SMILES string of the molecule is CC=C=C(CO)CO. The van der Waals surface area contributed by atoms with Crippen molar-refractivity contribution in [3.05, 3.63) is 17.4 Å². The molecule has 0 unspecified atom stereocenters. The smallest absolute Gasteiger partial charge is 0.0738 e. The first-order valence-corrected chi connectivity index (χ1v) is 2.46. The maximum absolute atomic E-state index is 8.38. The molecule has 2 nitrogen and oxygen atoms in total. The third kappa shape index (κ3) is 2.59. The maximum Gasteiger partial charge on any atom is 0.0738 e. The van der Waals surface area contributed by atoms with Crippen molar-refractivity contribution in [3.8, 4) is 0 Å². The van der Waals surface area contributed by atoms with Gasteiger partial charge >= 0.3 is 0 Å². The Kier molecular flexibility index (Phi) is 4.27. The molecule has 0 saturated heterocycles. The molecule has 0 rings (SSSR count). The summed E-state index contributed by atoms with van der Waals surface area (Å²) in [5.41, 5.74) is 3.19. The molecule has 0 amide bonds. The second kappa shape index (κ2) is 4.60. The zero-order valence-electron chi connectivity index (χ0n) is 4.89. The zero-order valence-corrected chi connectivity index (χ0v) is 4.89. The van der Waals surface area contributed by atoms with Gasteiger partial charge in [-0.25, -0.2) is 0 Å². The van der Waals surface area contributed by atoms with Crippen molar-refractivity contribution in [1.82, 2.24) is 0 Å². The zero-order chi connectivity index (χ0) is 6.41. The fourth-order valence-electron chi connectivity index (χ4n) is 0.345. The standard InChI is InChI=1S/C6H10O2/c1-2-3-6(4-7)5-8/h2,7-8H,4-5H2,1H3. The minimum atomic E-state index is -0.110. The highest BCUT2D eigenvalue weighted by atomic mass is 16.3. The molecule has 0 spiro atoms. The number of rotatable bonds is 2. The highest BCUT2D eigenvalue weighted by molar-refractivity contribution is 5.00. The molecule has 0 saturated carbocycles. The Morgan fingerprint density at radius 2 is 2.00 bits per heavy atom. The van der Waals surface area contributed by atoms with Gasteiger partial charge in [0.05, 0.1) is 13.2 Å². The molecule has 2 heteroatoms. The van der Waals surface area contributed by atoms with Crippen LogP contribution in [0.2, 0.25) is 0 Å². The first-order chi connectivity index (χ1) is 3.85. The van der Waals surface area contributed by atoms with Crippen LogP contribution < -0.4 is 0 Å². The van der Waals surface area contributed by atoms with Crippen LogP contribution in [0.5, 0.6) is 0 Å². The highest BCUT2D eigenvalue weighted by Crippen LogP contribution is 1.84. The first kappa shape index (κ1) is 7.44. The van der Waals surface area contributed by atoms with Gasteiger partial charge in [-0.3, -0.25) is 0 Å². The number of hydrogen-bond acceptors (Lipinski definition) is 2. The van der Waals surface area contributed by atoms with Crippen molar-refractivity contribution in [2.45, 2.75) is 6.92 Å². The van der Waals surface area contributed by atoms with E-state index in [1.807, 2.05) is 0 Å². The lowest BCUT2D eigenvalue weighted by Gasteiger charge is -1.89. The molecular weight excluding hydrogens is 104 g/mol. The predicted octanol–water partition coefficient (Wildman–Crippen LogP) is 0.0724. The minimum Gasteiger partial charge on any atom is -0.391 e. The van der Waals surface area contributed by atoms with E-state index in [0.717, 1.165) is 0 Å². The summed E-state index contributed by atoms with van der Waals surface area (Å²) in [6.45, 7) is 1.56. The Morgan fingerprint density at radius 1 is 1.50 bits per heavy atom. The third-order valence-electron chi connectivity index (χ3n) is 0.730. The second-order valence-corrected chi connectivity index (χ2v) is 1.35. The summed E-state index contributed by atoms with van der Waals surface area (Å²) in [5.74, 6) is 0. The van der Waals surface area contributed by atoms with Crippen LogP contribution >= 0.6 is 0 Å². The van der Waals surface area contributed by atoms with E-state index in [-0.39, 0.29) is 13.2 Å². The van der Waals surface area contributed by atoms with Gasteiger partial charge in [0.25, 0.3) is 0 Å². The van der Waals surface area contributed by atoms with Gasteiger partial charge in [-0.15, -0.1) is 5.73 Å². The molecule has 8 heavy (non-hydrogen) atoms. The van der Waals surface area contributed by atoms with Gasteiger partial charge in [0.2, 0.25) is 0 Å². The summed E-state index contributed by atoms with van der Waals surface area (Å²) in [4.78, 5) is 0. The van der Waals surface area contributed by atoms with Crippen molar-refractivity contribution in [2.75, 3.05) is 13.2 Å². The molecule has 0 bridgehead atoms. The first-order valence-electron chi connectivity index (χ1n) is 2.46.